The zero-order chi connectivity index (χ0) is 21.1. The molecule has 2 aliphatic rings. The van der Waals surface area contributed by atoms with Crippen molar-refractivity contribution in [2.75, 3.05) is 24.5 Å². The van der Waals surface area contributed by atoms with Gasteiger partial charge in [0.15, 0.2) is 5.88 Å². The summed E-state index contributed by atoms with van der Waals surface area (Å²) in [5, 5.41) is 10.4. The molecule has 0 amide bonds. The van der Waals surface area contributed by atoms with Crippen LogP contribution in [0.1, 0.15) is 19.4 Å². The number of nitrogens with zero attached hydrogens (tertiary/aromatic N) is 2. The number of rotatable bonds is 7. The number of allylic oxidation sites excluding steroid dienone is 1. The van der Waals surface area contributed by atoms with Crippen molar-refractivity contribution in [1.29, 1.82) is 0 Å². The molecule has 1 saturated heterocycles. The number of benzene rings is 2. The largest absolute Gasteiger partial charge is 0.494 e. The molecule has 5 nitrogen and oxygen atoms in total. The van der Waals surface area contributed by atoms with E-state index in [0.717, 1.165) is 30.1 Å². The Hall–Kier alpha value is -2.99. The van der Waals surface area contributed by atoms with E-state index >= 15 is 0 Å². The summed E-state index contributed by atoms with van der Waals surface area (Å²) < 4.78 is 24.7. The molecule has 0 bridgehead atoms. The molecule has 158 valence electrons. The van der Waals surface area contributed by atoms with Crippen molar-refractivity contribution in [2.45, 2.75) is 32.6 Å². The summed E-state index contributed by atoms with van der Waals surface area (Å²) in [7, 11) is 0. The van der Waals surface area contributed by atoms with E-state index < -0.39 is 0 Å². The molecule has 6 heteroatoms. The Bertz CT molecular complexity index is 916. The monoisotopic (exact) mass is 410 g/mol. The molecule has 0 unspecified atom stereocenters. The summed E-state index contributed by atoms with van der Waals surface area (Å²) in [6.45, 7) is 7.11. The molecule has 2 aromatic carbocycles. The molecule has 0 atom stereocenters. The maximum absolute atomic E-state index is 13.0. The van der Waals surface area contributed by atoms with E-state index in [1.54, 1.807) is 23.1 Å². The van der Waals surface area contributed by atoms with Crippen LogP contribution in [0.2, 0.25) is 0 Å². The minimum Gasteiger partial charge on any atom is -0.494 e. The first-order valence-electron chi connectivity index (χ1n) is 10.2. The van der Waals surface area contributed by atoms with Crippen molar-refractivity contribution in [3.63, 3.8) is 0 Å². The van der Waals surface area contributed by atoms with Gasteiger partial charge < -0.3 is 19.5 Å². The number of aliphatic hydroxyl groups is 1. The highest BCUT2D eigenvalue weighted by Gasteiger charge is 2.30. The normalized spacial score (nSPS) is 17.4. The van der Waals surface area contributed by atoms with Crippen molar-refractivity contribution in [2.24, 2.45) is 0 Å². The zero-order valence-electron chi connectivity index (χ0n) is 17.3. The lowest BCUT2D eigenvalue weighted by Gasteiger charge is -2.41. The molecule has 0 saturated carbocycles. The second kappa shape index (κ2) is 8.79. The zero-order valence-corrected chi connectivity index (χ0v) is 17.3. The minimum atomic E-state index is -0.273. The predicted molar refractivity (Wildman–Crippen MR) is 115 cm³/mol. The highest BCUT2D eigenvalue weighted by atomic mass is 19.1. The number of ether oxygens (including phenoxy) is 2. The molecule has 4 rings (SSSR count). The van der Waals surface area contributed by atoms with Crippen molar-refractivity contribution in [3.8, 4) is 5.75 Å². The SMILES string of the molecule is CC(C)N1CC(Oc2ccc(N3CC=C(OCc4ccc(F)cc4)C=C3O)cc2)C1. The number of likely N-dealkylation sites (tertiary alicyclic amines) is 1. The average Bonchev–Trinajstić information content (AvgIpc) is 2.70. The van der Waals surface area contributed by atoms with Crippen LogP contribution in [0, 0.1) is 5.82 Å². The van der Waals surface area contributed by atoms with Gasteiger partial charge in [-0.05, 0) is 61.9 Å². The Morgan fingerprint density at radius 1 is 1.07 bits per heavy atom. The molecule has 2 aliphatic heterocycles. The van der Waals surface area contributed by atoms with Crippen LogP contribution in [0.15, 0.2) is 72.3 Å². The van der Waals surface area contributed by atoms with Gasteiger partial charge in [0.05, 0.1) is 0 Å². The van der Waals surface area contributed by atoms with E-state index in [1.165, 1.54) is 12.1 Å². The van der Waals surface area contributed by atoms with Gasteiger partial charge in [-0.25, -0.2) is 4.39 Å². The second-order valence-electron chi connectivity index (χ2n) is 7.92. The predicted octanol–water partition coefficient (Wildman–Crippen LogP) is 4.62. The smallest absolute Gasteiger partial charge is 0.195 e. The molecule has 30 heavy (non-hydrogen) atoms. The summed E-state index contributed by atoms with van der Waals surface area (Å²) in [6.07, 6.45) is 3.74. The quantitative estimate of drug-likeness (QED) is 0.722. The molecular formula is C24H27FN2O3. The Kier molecular flexibility index (Phi) is 5.95. The van der Waals surface area contributed by atoms with Gasteiger partial charge in [-0.1, -0.05) is 12.1 Å². The summed E-state index contributed by atoms with van der Waals surface area (Å²) in [5.74, 6) is 1.27. The Labute approximate surface area is 176 Å². The lowest BCUT2D eigenvalue weighted by atomic mass is 10.1. The van der Waals surface area contributed by atoms with Crippen LogP contribution in [0.3, 0.4) is 0 Å². The first-order chi connectivity index (χ1) is 14.5. The molecule has 0 spiro atoms. The van der Waals surface area contributed by atoms with Crippen molar-refractivity contribution in [3.05, 3.63) is 83.7 Å². The molecule has 0 radical (unpaired) electrons. The van der Waals surface area contributed by atoms with Gasteiger partial charge in [0.2, 0.25) is 0 Å². The first kappa shape index (κ1) is 20.3. The van der Waals surface area contributed by atoms with Crippen molar-refractivity contribution in [1.82, 2.24) is 4.90 Å². The van der Waals surface area contributed by atoms with Gasteiger partial charge >= 0.3 is 0 Å². The second-order valence-corrected chi connectivity index (χ2v) is 7.92. The van der Waals surface area contributed by atoms with Crippen LogP contribution in [0.25, 0.3) is 0 Å². The summed E-state index contributed by atoms with van der Waals surface area (Å²) in [5.41, 5.74) is 1.74. The third-order valence-electron chi connectivity index (χ3n) is 5.40. The van der Waals surface area contributed by atoms with Crippen LogP contribution in [0.4, 0.5) is 10.1 Å². The fraction of sp³-hybridized carbons (Fsp3) is 0.333. The highest BCUT2D eigenvalue weighted by molar-refractivity contribution is 5.55. The molecule has 0 aliphatic carbocycles. The maximum atomic E-state index is 13.0. The van der Waals surface area contributed by atoms with Gasteiger partial charge in [0.25, 0.3) is 0 Å². The Balaban J connectivity index is 1.30. The summed E-state index contributed by atoms with van der Waals surface area (Å²) in [4.78, 5) is 4.16. The van der Waals surface area contributed by atoms with E-state index in [0.29, 0.717) is 25.0 Å². The number of aliphatic hydroxyl groups excluding tert-OH is 1. The maximum Gasteiger partial charge on any atom is 0.195 e. The van der Waals surface area contributed by atoms with Crippen LogP contribution >= 0.6 is 0 Å². The highest BCUT2D eigenvalue weighted by Crippen LogP contribution is 2.27. The van der Waals surface area contributed by atoms with Crippen LogP contribution in [0.5, 0.6) is 5.75 Å². The Morgan fingerprint density at radius 3 is 2.40 bits per heavy atom. The van der Waals surface area contributed by atoms with E-state index in [1.807, 2.05) is 30.3 Å². The molecule has 1 N–H and O–H groups in total. The van der Waals surface area contributed by atoms with E-state index in [4.69, 9.17) is 9.47 Å². The fourth-order valence-corrected chi connectivity index (χ4v) is 3.49. The van der Waals surface area contributed by atoms with E-state index in [-0.39, 0.29) is 17.8 Å². The molecule has 1 fully saturated rings. The van der Waals surface area contributed by atoms with Crippen LogP contribution < -0.4 is 9.64 Å². The average molecular weight is 410 g/mol. The van der Waals surface area contributed by atoms with Gasteiger partial charge in [0.1, 0.15) is 30.0 Å². The lowest BCUT2D eigenvalue weighted by molar-refractivity contribution is 0.000158. The molecular weight excluding hydrogens is 383 g/mol. The third-order valence-corrected chi connectivity index (χ3v) is 5.40. The van der Waals surface area contributed by atoms with Crippen molar-refractivity contribution >= 4 is 5.69 Å². The standard InChI is InChI=1S/C24H27FN2O3/c1-17(2)26-14-23(15-26)30-21-9-7-20(8-10-21)27-12-11-22(13-24(27)28)29-16-18-3-5-19(25)6-4-18/h3-11,13,17,23,28H,12,14-16H2,1-2H3. The number of halogens is 1. The fourth-order valence-electron chi connectivity index (χ4n) is 3.49. The molecule has 2 aromatic rings. The lowest BCUT2D eigenvalue weighted by Crippen LogP contribution is -2.56. The number of hydrogen-bond acceptors (Lipinski definition) is 5. The van der Waals surface area contributed by atoms with Crippen molar-refractivity contribution < 1.29 is 19.0 Å². The minimum absolute atomic E-state index is 0.117. The summed E-state index contributed by atoms with van der Waals surface area (Å²) >= 11 is 0. The van der Waals surface area contributed by atoms with E-state index in [2.05, 4.69) is 18.7 Å². The van der Waals surface area contributed by atoms with Crippen LogP contribution in [-0.2, 0) is 11.3 Å². The van der Waals surface area contributed by atoms with Crippen LogP contribution in [-0.4, -0.2) is 41.8 Å². The van der Waals surface area contributed by atoms with E-state index in [9.17, 15) is 9.50 Å². The molecule has 2 heterocycles. The summed E-state index contributed by atoms with van der Waals surface area (Å²) in [6, 6.07) is 14.5. The van der Waals surface area contributed by atoms with Gasteiger partial charge in [-0.3, -0.25) is 4.90 Å². The van der Waals surface area contributed by atoms with Gasteiger partial charge in [-0.2, -0.15) is 0 Å². The first-order valence-corrected chi connectivity index (χ1v) is 10.2. The Morgan fingerprint density at radius 2 is 1.77 bits per heavy atom. The van der Waals surface area contributed by atoms with Gasteiger partial charge in [0, 0.05) is 37.4 Å². The molecule has 0 aromatic heterocycles. The number of hydrogen-bond donors (Lipinski definition) is 1. The number of anilines is 1. The van der Waals surface area contributed by atoms with Gasteiger partial charge in [-0.15, -0.1) is 0 Å². The third kappa shape index (κ3) is 4.76. The topological polar surface area (TPSA) is 45.2 Å².